The van der Waals surface area contributed by atoms with Gasteiger partial charge < -0.3 is 5.32 Å². The number of hydrogen-bond acceptors (Lipinski definition) is 2. The van der Waals surface area contributed by atoms with Gasteiger partial charge in [0, 0.05) is 24.5 Å². The van der Waals surface area contributed by atoms with Gasteiger partial charge in [-0.15, -0.1) is 0 Å². The molecule has 3 nitrogen and oxygen atoms in total. The normalized spacial score (nSPS) is 14.5. The van der Waals surface area contributed by atoms with E-state index in [9.17, 15) is 9.18 Å². The Morgan fingerprint density at radius 3 is 2.22 bits per heavy atom. The summed E-state index contributed by atoms with van der Waals surface area (Å²) in [5, 5.41) is 2.81. The molecule has 1 aromatic heterocycles. The highest BCUT2D eigenvalue weighted by atomic mass is 19.1. The quantitative estimate of drug-likeness (QED) is 0.883. The molecule has 4 heteroatoms. The minimum Gasteiger partial charge on any atom is -0.326 e. The van der Waals surface area contributed by atoms with Gasteiger partial charge in [-0.2, -0.15) is 0 Å². The van der Waals surface area contributed by atoms with Gasteiger partial charge in [0.1, 0.15) is 5.82 Å². The molecule has 3 rings (SSSR count). The van der Waals surface area contributed by atoms with Crippen molar-refractivity contribution in [1.29, 1.82) is 0 Å². The van der Waals surface area contributed by atoms with Crippen LogP contribution in [0.15, 0.2) is 54.9 Å². The van der Waals surface area contributed by atoms with Crippen molar-refractivity contribution in [2.45, 2.75) is 38.5 Å². The topological polar surface area (TPSA) is 42.0 Å². The lowest BCUT2D eigenvalue weighted by atomic mass is 9.87. The van der Waals surface area contributed by atoms with Gasteiger partial charge in [0.2, 0.25) is 5.91 Å². The number of hydrogen-bond donors (Lipinski definition) is 1. The van der Waals surface area contributed by atoms with Crippen LogP contribution < -0.4 is 5.32 Å². The van der Waals surface area contributed by atoms with Crippen molar-refractivity contribution >= 4 is 11.6 Å². The molecule has 2 aromatic rings. The Hall–Kier alpha value is -2.23. The van der Waals surface area contributed by atoms with Gasteiger partial charge in [0.05, 0.1) is 0 Å². The third-order valence-electron chi connectivity index (χ3n) is 3.89. The Labute approximate surface area is 137 Å². The van der Waals surface area contributed by atoms with Crippen LogP contribution in [0, 0.1) is 11.7 Å². The number of halogens is 1. The molecule has 0 aliphatic heterocycles. The SMILES string of the molecule is O=C(CC1CCCCC1)Nc1ccc(F)cc1.c1ccncc1. The van der Waals surface area contributed by atoms with Crippen molar-refractivity contribution in [3.05, 3.63) is 60.7 Å². The molecular weight excluding hydrogens is 291 g/mol. The number of nitrogens with one attached hydrogen (secondary N) is 1. The first-order valence-corrected chi connectivity index (χ1v) is 8.14. The van der Waals surface area contributed by atoms with E-state index >= 15 is 0 Å². The smallest absolute Gasteiger partial charge is 0.224 e. The van der Waals surface area contributed by atoms with Crippen LogP contribution in [-0.2, 0) is 4.79 Å². The van der Waals surface area contributed by atoms with E-state index in [2.05, 4.69) is 10.3 Å². The molecule has 1 aliphatic rings. The molecule has 1 amide bonds. The molecule has 122 valence electrons. The lowest BCUT2D eigenvalue weighted by Crippen LogP contribution is -2.18. The monoisotopic (exact) mass is 314 g/mol. The van der Waals surface area contributed by atoms with Gasteiger partial charge >= 0.3 is 0 Å². The second-order valence-electron chi connectivity index (χ2n) is 5.79. The molecule has 0 bridgehead atoms. The first-order valence-electron chi connectivity index (χ1n) is 8.14. The van der Waals surface area contributed by atoms with E-state index in [1.54, 1.807) is 24.5 Å². The van der Waals surface area contributed by atoms with Gasteiger partial charge in [-0.1, -0.05) is 25.3 Å². The van der Waals surface area contributed by atoms with Crippen molar-refractivity contribution in [3.8, 4) is 0 Å². The molecule has 23 heavy (non-hydrogen) atoms. The maximum Gasteiger partial charge on any atom is 0.224 e. The molecule has 0 radical (unpaired) electrons. The van der Waals surface area contributed by atoms with Crippen LogP contribution in [0.1, 0.15) is 38.5 Å². The first-order chi connectivity index (χ1) is 11.2. The zero-order chi connectivity index (χ0) is 16.3. The van der Waals surface area contributed by atoms with E-state index in [0.29, 0.717) is 18.0 Å². The van der Waals surface area contributed by atoms with Crippen molar-refractivity contribution < 1.29 is 9.18 Å². The molecule has 1 heterocycles. The van der Waals surface area contributed by atoms with Crippen LogP contribution >= 0.6 is 0 Å². The molecule has 0 unspecified atom stereocenters. The summed E-state index contributed by atoms with van der Waals surface area (Å²) in [6, 6.07) is 11.6. The van der Waals surface area contributed by atoms with Crippen LogP contribution in [0.25, 0.3) is 0 Å². The fourth-order valence-electron chi connectivity index (χ4n) is 2.71. The summed E-state index contributed by atoms with van der Waals surface area (Å²) in [6.07, 6.45) is 10.2. The van der Waals surface area contributed by atoms with E-state index in [1.807, 2.05) is 18.2 Å². The summed E-state index contributed by atoms with van der Waals surface area (Å²) >= 11 is 0. The summed E-state index contributed by atoms with van der Waals surface area (Å²) in [4.78, 5) is 15.5. The van der Waals surface area contributed by atoms with Crippen molar-refractivity contribution in [2.75, 3.05) is 5.32 Å². The van der Waals surface area contributed by atoms with Crippen molar-refractivity contribution in [1.82, 2.24) is 4.98 Å². The van der Waals surface area contributed by atoms with E-state index in [4.69, 9.17) is 0 Å². The Bertz CT molecular complexity index is 539. The highest BCUT2D eigenvalue weighted by molar-refractivity contribution is 5.90. The van der Waals surface area contributed by atoms with Crippen LogP contribution in [0.3, 0.4) is 0 Å². The Morgan fingerprint density at radius 1 is 1.04 bits per heavy atom. The van der Waals surface area contributed by atoms with Crippen molar-refractivity contribution in [3.63, 3.8) is 0 Å². The average molecular weight is 314 g/mol. The summed E-state index contributed by atoms with van der Waals surface area (Å²) in [5.41, 5.74) is 0.673. The zero-order valence-corrected chi connectivity index (χ0v) is 13.2. The molecule has 1 fully saturated rings. The Morgan fingerprint density at radius 2 is 1.70 bits per heavy atom. The van der Waals surface area contributed by atoms with Crippen LogP contribution in [0.4, 0.5) is 10.1 Å². The highest BCUT2D eigenvalue weighted by Gasteiger charge is 2.16. The highest BCUT2D eigenvalue weighted by Crippen LogP contribution is 2.26. The van der Waals surface area contributed by atoms with Gasteiger partial charge in [0.25, 0.3) is 0 Å². The molecule has 1 aliphatic carbocycles. The van der Waals surface area contributed by atoms with Crippen LogP contribution in [0.2, 0.25) is 0 Å². The van der Waals surface area contributed by atoms with Gasteiger partial charge in [-0.05, 0) is 55.2 Å². The lowest BCUT2D eigenvalue weighted by Gasteiger charge is -2.20. The van der Waals surface area contributed by atoms with Crippen LogP contribution in [-0.4, -0.2) is 10.9 Å². The second-order valence-corrected chi connectivity index (χ2v) is 5.79. The third kappa shape index (κ3) is 7.04. The van der Waals surface area contributed by atoms with E-state index in [1.165, 1.54) is 31.4 Å². The second kappa shape index (κ2) is 9.72. The van der Waals surface area contributed by atoms with Crippen molar-refractivity contribution in [2.24, 2.45) is 5.92 Å². The van der Waals surface area contributed by atoms with E-state index in [0.717, 1.165) is 12.8 Å². The van der Waals surface area contributed by atoms with E-state index < -0.39 is 0 Å². The number of carbonyl (C=O) groups is 1. The summed E-state index contributed by atoms with van der Waals surface area (Å²) < 4.78 is 12.7. The molecule has 0 atom stereocenters. The number of pyridine rings is 1. The Kier molecular flexibility index (Phi) is 7.24. The minimum absolute atomic E-state index is 0.0449. The maximum atomic E-state index is 12.7. The zero-order valence-electron chi connectivity index (χ0n) is 13.2. The number of nitrogens with zero attached hydrogens (tertiary/aromatic N) is 1. The largest absolute Gasteiger partial charge is 0.326 e. The Balaban J connectivity index is 0.000000268. The van der Waals surface area contributed by atoms with Crippen LogP contribution in [0.5, 0.6) is 0 Å². The number of anilines is 1. The minimum atomic E-state index is -0.282. The predicted molar refractivity (Wildman–Crippen MR) is 90.5 cm³/mol. The summed E-state index contributed by atoms with van der Waals surface area (Å²) in [7, 11) is 0. The van der Waals surface area contributed by atoms with Gasteiger partial charge in [-0.25, -0.2) is 4.39 Å². The molecule has 1 aromatic carbocycles. The molecular formula is C19H23FN2O. The fourth-order valence-corrected chi connectivity index (χ4v) is 2.71. The van der Waals surface area contributed by atoms with E-state index in [-0.39, 0.29) is 11.7 Å². The molecule has 1 saturated carbocycles. The third-order valence-corrected chi connectivity index (χ3v) is 3.89. The standard InChI is InChI=1S/C14H18FNO.C5H5N/c15-12-6-8-13(9-7-12)16-14(17)10-11-4-2-1-3-5-11;1-2-4-6-5-3-1/h6-9,11H,1-5,10H2,(H,16,17);1-5H. The predicted octanol–water partition coefficient (Wildman–Crippen LogP) is 4.82. The van der Waals surface area contributed by atoms with Gasteiger partial charge in [-0.3, -0.25) is 9.78 Å². The van der Waals surface area contributed by atoms with Gasteiger partial charge in [0.15, 0.2) is 0 Å². The molecule has 0 saturated heterocycles. The number of amides is 1. The lowest BCUT2D eigenvalue weighted by molar-refractivity contribution is -0.117. The number of rotatable bonds is 3. The molecule has 1 N–H and O–H groups in total. The molecule has 0 spiro atoms. The first kappa shape index (κ1) is 17.1. The summed E-state index contributed by atoms with van der Waals surface area (Å²) in [6.45, 7) is 0. The fraction of sp³-hybridized carbons (Fsp3) is 0.368. The average Bonchev–Trinajstić information content (AvgIpc) is 2.60. The maximum absolute atomic E-state index is 12.7. The number of aromatic nitrogens is 1. The number of carbonyl (C=O) groups excluding carboxylic acids is 1. The number of benzene rings is 1. The summed E-state index contributed by atoms with van der Waals surface area (Å²) in [5.74, 6) is 0.294.